The van der Waals surface area contributed by atoms with Crippen molar-refractivity contribution < 1.29 is 8.78 Å². The van der Waals surface area contributed by atoms with E-state index in [2.05, 4.69) is 5.32 Å². The average molecular weight is 236 g/mol. The van der Waals surface area contributed by atoms with Gasteiger partial charge < -0.3 is 5.32 Å². The Morgan fingerprint density at radius 2 is 1.80 bits per heavy atom. The summed E-state index contributed by atoms with van der Waals surface area (Å²) in [5, 5.41) is 2.62. The molecule has 0 amide bonds. The predicted molar refractivity (Wildman–Crippen MR) is 60.9 cm³/mol. The van der Waals surface area contributed by atoms with Crippen LogP contribution in [0.4, 0.5) is 8.78 Å². The molecule has 0 saturated heterocycles. The van der Waals surface area contributed by atoms with Gasteiger partial charge in [-0.3, -0.25) is 0 Å². The van der Waals surface area contributed by atoms with E-state index < -0.39 is 12.5 Å². The van der Waals surface area contributed by atoms with Gasteiger partial charge in [0, 0.05) is 0 Å². The van der Waals surface area contributed by atoms with Gasteiger partial charge in [0.2, 0.25) is 0 Å². The van der Waals surface area contributed by atoms with Gasteiger partial charge in [-0.1, -0.05) is 30.3 Å². The third-order valence-electron chi connectivity index (χ3n) is 2.26. The molecule has 1 aromatic rings. The molecule has 0 fully saturated rings. The van der Waals surface area contributed by atoms with Gasteiger partial charge in [0.25, 0.3) is 6.43 Å². The van der Waals surface area contributed by atoms with E-state index in [1.165, 1.54) is 0 Å². The highest BCUT2D eigenvalue weighted by Gasteiger charge is 2.17. The summed E-state index contributed by atoms with van der Waals surface area (Å²) >= 11 is 0. The summed E-state index contributed by atoms with van der Waals surface area (Å²) in [4.78, 5) is 0. The molecule has 0 aliphatic rings. The Kier molecular flexibility index (Phi) is 7.26. The van der Waals surface area contributed by atoms with E-state index in [9.17, 15) is 8.78 Å². The maximum absolute atomic E-state index is 12.3. The second-order valence-electron chi connectivity index (χ2n) is 3.25. The monoisotopic (exact) mass is 235 g/mol. The molecule has 0 aliphatic carbocycles. The Hall–Kier alpha value is -0.670. The van der Waals surface area contributed by atoms with E-state index in [1.54, 1.807) is 7.05 Å². The minimum atomic E-state index is -2.29. The molecule has 0 aliphatic heterocycles. The number of hydrogen-bond acceptors (Lipinski definition) is 1. The Bertz CT molecular complexity index is 254. The van der Waals surface area contributed by atoms with Crippen molar-refractivity contribution in [3.8, 4) is 0 Å². The summed E-state index contributed by atoms with van der Waals surface area (Å²) in [6.07, 6.45) is -1.13. The Labute approximate surface area is 95.3 Å². The van der Waals surface area contributed by atoms with Crippen LogP contribution in [0.3, 0.4) is 0 Å². The van der Waals surface area contributed by atoms with Gasteiger partial charge in [0.05, 0.1) is 6.04 Å². The summed E-state index contributed by atoms with van der Waals surface area (Å²) in [6, 6.07) is 8.98. The third kappa shape index (κ3) is 5.09. The average Bonchev–Trinajstić information content (AvgIpc) is 2.20. The Morgan fingerprint density at radius 1 is 1.20 bits per heavy atom. The molecule has 15 heavy (non-hydrogen) atoms. The van der Waals surface area contributed by atoms with Crippen molar-refractivity contribution in [2.24, 2.45) is 0 Å². The molecule has 0 saturated carbocycles. The van der Waals surface area contributed by atoms with Crippen molar-refractivity contribution in [1.29, 1.82) is 0 Å². The molecule has 0 bridgehead atoms. The molecular formula is C11H16ClF2N. The zero-order valence-electron chi connectivity index (χ0n) is 8.62. The first-order valence-electron chi connectivity index (χ1n) is 4.73. The molecule has 1 unspecified atom stereocenters. The van der Waals surface area contributed by atoms with E-state index in [4.69, 9.17) is 0 Å². The van der Waals surface area contributed by atoms with Crippen LogP contribution >= 0.6 is 12.4 Å². The normalized spacial score (nSPS) is 12.3. The smallest absolute Gasteiger partial charge is 0.253 e. The summed E-state index contributed by atoms with van der Waals surface area (Å²) in [6.45, 7) is 0. The molecular weight excluding hydrogens is 220 g/mol. The topological polar surface area (TPSA) is 12.0 Å². The van der Waals surface area contributed by atoms with E-state index in [0.29, 0.717) is 12.8 Å². The lowest BCUT2D eigenvalue weighted by Gasteiger charge is -2.14. The lowest BCUT2D eigenvalue weighted by Crippen LogP contribution is -2.32. The van der Waals surface area contributed by atoms with Crippen LogP contribution in [0.5, 0.6) is 0 Å². The molecule has 0 aromatic heterocycles. The number of benzene rings is 1. The standard InChI is InChI=1S/C11H15F2N.ClH/c1-14-10(11(12)13)8-7-9-5-3-2-4-6-9;/h2-6,10-11,14H,7-8H2,1H3;1H. The van der Waals surface area contributed by atoms with Gasteiger partial charge in [0.15, 0.2) is 0 Å². The second kappa shape index (κ2) is 7.60. The number of aryl methyl sites for hydroxylation is 1. The summed E-state index contributed by atoms with van der Waals surface area (Å²) in [5.74, 6) is 0. The first-order valence-corrected chi connectivity index (χ1v) is 4.73. The molecule has 1 rings (SSSR count). The van der Waals surface area contributed by atoms with Gasteiger partial charge in [-0.05, 0) is 25.5 Å². The van der Waals surface area contributed by atoms with Gasteiger partial charge >= 0.3 is 0 Å². The minimum Gasteiger partial charge on any atom is -0.312 e. The molecule has 4 heteroatoms. The SMILES string of the molecule is CNC(CCc1ccccc1)C(F)F.Cl. The molecule has 86 valence electrons. The van der Waals surface area contributed by atoms with Crippen molar-refractivity contribution >= 4 is 12.4 Å². The highest BCUT2D eigenvalue weighted by Crippen LogP contribution is 2.09. The van der Waals surface area contributed by atoms with Crippen LogP contribution in [0.2, 0.25) is 0 Å². The van der Waals surface area contributed by atoms with Crippen molar-refractivity contribution in [2.45, 2.75) is 25.3 Å². The fraction of sp³-hybridized carbons (Fsp3) is 0.455. The number of rotatable bonds is 5. The maximum Gasteiger partial charge on any atom is 0.253 e. The predicted octanol–water partition coefficient (Wildman–Crippen LogP) is 2.89. The maximum atomic E-state index is 12.3. The highest BCUT2D eigenvalue weighted by atomic mass is 35.5. The van der Waals surface area contributed by atoms with Gasteiger partial charge in [-0.25, -0.2) is 8.78 Å². The molecule has 0 spiro atoms. The van der Waals surface area contributed by atoms with E-state index >= 15 is 0 Å². The summed E-state index contributed by atoms with van der Waals surface area (Å²) in [5.41, 5.74) is 1.11. The van der Waals surface area contributed by atoms with Crippen LogP contribution in [0.15, 0.2) is 30.3 Å². The molecule has 0 heterocycles. The lowest BCUT2D eigenvalue weighted by molar-refractivity contribution is 0.0981. The van der Waals surface area contributed by atoms with Crippen LogP contribution in [0.25, 0.3) is 0 Å². The van der Waals surface area contributed by atoms with Crippen molar-refractivity contribution in [2.75, 3.05) is 7.05 Å². The second-order valence-corrected chi connectivity index (χ2v) is 3.25. The largest absolute Gasteiger partial charge is 0.312 e. The molecule has 1 atom stereocenters. The molecule has 1 aromatic carbocycles. The zero-order chi connectivity index (χ0) is 10.4. The van der Waals surface area contributed by atoms with Crippen LogP contribution < -0.4 is 5.32 Å². The highest BCUT2D eigenvalue weighted by molar-refractivity contribution is 5.85. The molecule has 1 N–H and O–H groups in total. The summed E-state index contributed by atoms with van der Waals surface area (Å²) < 4.78 is 24.7. The third-order valence-corrected chi connectivity index (χ3v) is 2.26. The van der Waals surface area contributed by atoms with Crippen LogP contribution in [0, 0.1) is 0 Å². The fourth-order valence-corrected chi connectivity index (χ4v) is 1.36. The van der Waals surface area contributed by atoms with Crippen LogP contribution in [0.1, 0.15) is 12.0 Å². The first-order chi connectivity index (χ1) is 6.74. The number of alkyl halides is 2. The Balaban J connectivity index is 0.00000196. The number of halogens is 3. The van der Waals surface area contributed by atoms with Gasteiger partial charge in [0.1, 0.15) is 0 Å². The molecule has 0 radical (unpaired) electrons. The van der Waals surface area contributed by atoms with E-state index in [1.807, 2.05) is 30.3 Å². The Morgan fingerprint density at radius 3 is 2.27 bits per heavy atom. The van der Waals surface area contributed by atoms with Crippen LogP contribution in [-0.2, 0) is 6.42 Å². The van der Waals surface area contributed by atoms with E-state index in [-0.39, 0.29) is 12.4 Å². The fourth-order valence-electron chi connectivity index (χ4n) is 1.36. The number of hydrogen-bond donors (Lipinski definition) is 1. The lowest BCUT2D eigenvalue weighted by atomic mass is 10.1. The zero-order valence-corrected chi connectivity index (χ0v) is 9.44. The molecule has 1 nitrogen and oxygen atoms in total. The van der Waals surface area contributed by atoms with Crippen molar-refractivity contribution in [3.63, 3.8) is 0 Å². The quantitative estimate of drug-likeness (QED) is 0.828. The van der Waals surface area contributed by atoms with Crippen molar-refractivity contribution in [3.05, 3.63) is 35.9 Å². The van der Waals surface area contributed by atoms with Gasteiger partial charge in [-0.2, -0.15) is 0 Å². The number of nitrogens with one attached hydrogen (secondary N) is 1. The summed E-state index contributed by atoms with van der Waals surface area (Å²) in [7, 11) is 1.57. The van der Waals surface area contributed by atoms with E-state index in [0.717, 1.165) is 5.56 Å². The van der Waals surface area contributed by atoms with Crippen molar-refractivity contribution in [1.82, 2.24) is 5.32 Å². The van der Waals surface area contributed by atoms with Gasteiger partial charge in [-0.15, -0.1) is 12.4 Å². The minimum absolute atomic E-state index is 0. The van der Waals surface area contributed by atoms with Crippen LogP contribution in [-0.4, -0.2) is 19.5 Å². The first kappa shape index (κ1) is 14.3.